The normalized spacial score (nSPS) is 16.0. The van der Waals surface area contributed by atoms with Crippen molar-refractivity contribution in [3.63, 3.8) is 0 Å². The zero-order valence-corrected chi connectivity index (χ0v) is 13.4. The molecule has 1 aliphatic rings. The van der Waals surface area contributed by atoms with Crippen LogP contribution in [-0.2, 0) is 20.7 Å². The van der Waals surface area contributed by atoms with Gasteiger partial charge >= 0.3 is 5.97 Å². The molecule has 1 atom stereocenters. The quantitative estimate of drug-likeness (QED) is 0.695. The summed E-state index contributed by atoms with van der Waals surface area (Å²) in [6.45, 7) is 2.16. The number of aryl methyl sites for hydroxylation is 1. The van der Waals surface area contributed by atoms with E-state index < -0.39 is 23.9 Å². The van der Waals surface area contributed by atoms with E-state index in [0.717, 1.165) is 6.42 Å². The molecule has 2 aromatic rings. The Morgan fingerprint density at radius 2 is 1.62 bits per heavy atom. The van der Waals surface area contributed by atoms with Crippen molar-refractivity contribution >= 4 is 17.8 Å². The van der Waals surface area contributed by atoms with Crippen molar-refractivity contribution < 1.29 is 19.1 Å². The number of rotatable bonds is 3. The van der Waals surface area contributed by atoms with E-state index in [1.54, 1.807) is 30.3 Å². The number of carbonyl (C=O) groups excluding carboxylic acids is 3. The average molecular weight is 325 g/mol. The van der Waals surface area contributed by atoms with Gasteiger partial charge in [-0.15, -0.1) is 0 Å². The molecule has 0 aliphatic carbocycles. The number of carbonyl (C=O) groups is 3. The molecule has 3 rings (SSSR count). The van der Waals surface area contributed by atoms with Crippen molar-refractivity contribution in [1.29, 1.82) is 0 Å². The highest BCUT2D eigenvalue weighted by Gasteiger charge is 2.33. The lowest BCUT2D eigenvalue weighted by molar-refractivity contribution is -0.128. The van der Waals surface area contributed by atoms with Gasteiger partial charge in [0, 0.05) is 0 Å². The molecule has 0 spiro atoms. The van der Waals surface area contributed by atoms with Gasteiger partial charge in [0.05, 0.1) is 12.0 Å². The van der Waals surface area contributed by atoms with Crippen LogP contribution in [0.1, 0.15) is 29.3 Å². The predicted molar refractivity (Wildman–Crippen MR) is 89.2 cm³/mol. The Labute approximate surface area is 140 Å². The number of nitrogens with one attached hydrogen (secondary N) is 1. The third kappa shape index (κ3) is 5.05. The van der Waals surface area contributed by atoms with Gasteiger partial charge in [0.25, 0.3) is 5.91 Å². The number of amides is 2. The lowest BCUT2D eigenvalue weighted by Gasteiger charge is -2.07. The van der Waals surface area contributed by atoms with E-state index in [0.29, 0.717) is 5.56 Å². The molecule has 0 bridgehead atoms. The number of esters is 1. The molecule has 0 unspecified atom stereocenters. The standard InChI is InChI=1S/C11H9NO4.C8H10/c13-9-6-8(10(14)12-9)16-11(15)7-4-2-1-3-5-7;1-2-8-6-4-3-5-7-8/h1-5,8H,6H2,(H,12,13,14);3-7H,2H2,1H3/t8-;/m1./s1. The molecule has 5 nitrogen and oxygen atoms in total. The molecule has 124 valence electrons. The Morgan fingerprint density at radius 3 is 2.08 bits per heavy atom. The van der Waals surface area contributed by atoms with Crippen molar-refractivity contribution in [2.45, 2.75) is 25.9 Å². The van der Waals surface area contributed by atoms with Gasteiger partial charge in [-0.3, -0.25) is 14.9 Å². The maximum atomic E-state index is 11.5. The fourth-order valence-electron chi connectivity index (χ4n) is 2.11. The summed E-state index contributed by atoms with van der Waals surface area (Å²) >= 11 is 0. The van der Waals surface area contributed by atoms with Crippen LogP contribution in [0.15, 0.2) is 60.7 Å². The van der Waals surface area contributed by atoms with Crippen molar-refractivity contribution in [1.82, 2.24) is 5.32 Å². The van der Waals surface area contributed by atoms with Crippen molar-refractivity contribution in [2.75, 3.05) is 0 Å². The molecule has 2 aromatic carbocycles. The summed E-state index contributed by atoms with van der Waals surface area (Å²) in [5, 5.41) is 2.07. The molecule has 1 N–H and O–H groups in total. The van der Waals surface area contributed by atoms with E-state index >= 15 is 0 Å². The highest BCUT2D eigenvalue weighted by atomic mass is 16.5. The number of imide groups is 1. The van der Waals surface area contributed by atoms with E-state index in [9.17, 15) is 14.4 Å². The predicted octanol–water partition coefficient (Wildman–Crippen LogP) is 2.51. The van der Waals surface area contributed by atoms with E-state index in [1.807, 2.05) is 6.07 Å². The minimum Gasteiger partial charge on any atom is -0.448 e. The largest absolute Gasteiger partial charge is 0.448 e. The summed E-state index contributed by atoms with van der Waals surface area (Å²) in [5.74, 6) is -1.58. The summed E-state index contributed by atoms with van der Waals surface area (Å²) in [7, 11) is 0. The van der Waals surface area contributed by atoms with Gasteiger partial charge in [-0.1, -0.05) is 55.5 Å². The Kier molecular flexibility index (Phi) is 6.25. The molecular weight excluding hydrogens is 306 g/mol. The Morgan fingerprint density at radius 1 is 1.04 bits per heavy atom. The van der Waals surface area contributed by atoms with Crippen molar-refractivity contribution in [3.8, 4) is 0 Å². The lowest BCUT2D eigenvalue weighted by Crippen LogP contribution is -2.28. The second-order valence-electron chi connectivity index (χ2n) is 5.22. The van der Waals surface area contributed by atoms with Crippen LogP contribution in [-0.4, -0.2) is 23.9 Å². The SMILES string of the molecule is CCc1ccccc1.O=C1C[C@@H](OC(=O)c2ccccc2)C(=O)N1. The van der Waals surface area contributed by atoms with E-state index in [-0.39, 0.29) is 6.42 Å². The van der Waals surface area contributed by atoms with Crippen LogP contribution in [0.3, 0.4) is 0 Å². The van der Waals surface area contributed by atoms with Crippen LogP contribution in [0.25, 0.3) is 0 Å². The summed E-state index contributed by atoms with van der Waals surface area (Å²) in [6, 6.07) is 18.8. The first-order valence-electron chi connectivity index (χ1n) is 7.73. The molecule has 0 radical (unpaired) electrons. The van der Waals surface area contributed by atoms with Crippen LogP contribution in [0.5, 0.6) is 0 Å². The van der Waals surface area contributed by atoms with Crippen LogP contribution < -0.4 is 5.32 Å². The van der Waals surface area contributed by atoms with Crippen molar-refractivity contribution in [2.24, 2.45) is 0 Å². The second-order valence-corrected chi connectivity index (χ2v) is 5.22. The summed E-state index contributed by atoms with van der Waals surface area (Å²) in [6.07, 6.45) is 0.0401. The zero-order chi connectivity index (χ0) is 17.4. The topological polar surface area (TPSA) is 72.5 Å². The molecule has 24 heavy (non-hydrogen) atoms. The monoisotopic (exact) mass is 325 g/mol. The molecule has 0 aromatic heterocycles. The molecule has 1 saturated heterocycles. The highest BCUT2D eigenvalue weighted by molar-refractivity contribution is 6.06. The third-order valence-corrected chi connectivity index (χ3v) is 3.44. The second kappa shape index (κ2) is 8.62. The number of hydrogen-bond donors (Lipinski definition) is 1. The molecule has 0 saturated carbocycles. The number of benzene rings is 2. The summed E-state index contributed by atoms with van der Waals surface area (Å²) in [5.41, 5.74) is 1.77. The van der Waals surface area contributed by atoms with Gasteiger partial charge in [-0.2, -0.15) is 0 Å². The van der Waals surface area contributed by atoms with Gasteiger partial charge in [0.2, 0.25) is 5.91 Å². The highest BCUT2D eigenvalue weighted by Crippen LogP contribution is 2.10. The Hall–Kier alpha value is -2.95. The van der Waals surface area contributed by atoms with Crippen LogP contribution in [0.4, 0.5) is 0 Å². The number of ether oxygens (including phenoxy) is 1. The molecular formula is C19H19NO4. The molecule has 1 aliphatic heterocycles. The molecule has 1 fully saturated rings. The minimum absolute atomic E-state index is 0.0998. The first-order valence-corrected chi connectivity index (χ1v) is 7.73. The maximum absolute atomic E-state index is 11.5. The van der Waals surface area contributed by atoms with Crippen LogP contribution in [0, 0.1) is 0 Å². The zero-order valence-electron chi connectivity index (χ0n) is 13.4. The van der Waals surface area contributed by atoms with Crippen LogP contribution in [0.2, 0.25) is 0 Å². The van der Waals surface area contributed by atoms with Gasteiger partial charge in [0.1, 0.15) is 0 Å². The van der Waals surface area contributed by atoms with Gasteiger partial charge < -0.3 is 4.74 Å². The van der Waals surface area contributed by atoms with Crippen molar-refractivity contribution in [3.05, 3.63) is 71.8 Å². The third-order valence-electron chi connectivity index (χ3n) is 3.44. The molecule has 5 heteroatoms. The van der Waals surface area contributed by atoms with Crippen LogP contribution >= 0.6 is 0 Å². The fraction of sp³-hybridized carbons (Fsp3) is 0.211. The molecule has 2 amide bonds. The van der Waals surface area contributed by atoms with Gasteiger partial charge in [0.15, 0.2) is 6.10 Å². The first-order chi connectivity index (χ1) is 11.6. The summed E-state index contributed by atoms with van der Waals surface area (Å²) < 4.78 is 4.91. The Balaban J connectivity index is 0.000000219. The fourth-order valence-corrected chi connectivity index (χ4v) is 2.11. The van der Waals surface area contributed by atoms with E-state index in [2.05, 4.69) is 36.5 Å². The van der Waals surface area contributed by atoms with Gasteiger partial charge in [-0.25, -0.2) is 4.79 Å². The minimum atomic E-state index is -1.000. The van der Waals surface area contributed by atoms with Gasteiger partial charge in [-0.05, 0) is 24.1 Å². The Bertz CT molecular complexity index is 698. The van der Waals surface area contributed by atoms with E-state index in [1.165, 1.54) is 5.56 Å². The maximum Gasteiger partial charge on any atom is 0.338 e. The molecule has 1 heterocycles. The lowest BCUT2D eigenvalue weighted by atomic mass is 10.2. The smallest absolute Gasteiger partial charge is 0.338 e. The summed E-state index contributed by atoms with van der Waals surface area (Å²) in [4.78, 5) is 33.5. The number of hydrogen-bond acceptors (Lipinski definition) is 4. The first kappa shape index (κ1) is 17.4. The average Bonchev–Trinajstić information content (AvgIpc) is 2.94. The van der Waals surface area contributed by atoms with E-state index in [4.69, 9.17) is 4.74 Å².